The van der Waals surface area contributed by atoms with Crippen molar-refractivity contribution in [1.29, 1.82) is 0 Å². The van der Waals surface area contributed by atoms with Gasteiger partial charge < -0.3 is 16.0 Å². The molecule has 3 N–H and O–H groups in total. The SMILES string of the molecule is Fc1cc(-c2ccccc2)cc(F)c1CNc1cc(NCC2CCNCC2)nc2c(C3CC3)cnn12. The van der Waals surface area contributed by atoms with E-state index in [0.717, 1.165) is 67.9 Å². The smallest absolute Gasteiger partial charge is 0.163 e. The van der Waals surface area contributed by atoms with Gasteiger partial charge in [-0.15, -0.1) is 0 Å². The van der Waals surface area contributed by atoms with Crippen LogP contribution in [0.1, 0.15) is 42.7 Å². The Morgan fingerprint density at radius 2 is 1.67 bits per heavy atom. The Bertz CT molecular complexity index is 1340. The topological polar surface area (TPSA) is 66.3 Å². The van der Waals surface area contributed by atoms with E-state index in [1.165, 1.54) is 12.1 Å². The molecule has 1 aliphatic carbocycles. The Labute approximate surface area is 209 Å². The van der Waals surface area contributed by atoms with Gasteiger partial charge in [-0.25, -0.2) is 13.8 Å². The molecule has 2 aromatic carbocycles. The van der Waals surface area contributed by atoms with Crippen LogP contribution in [-0.2, 0) is 6.54 Å². The number of anilines is 2. The molecule has 1 saturated heterocycles. The minimum Gasteiger partial charge on any atom is -0.370 e. The van der Waals surface area contributed by atoms with Crippen molar-refractivity contribution in [3.05, 3.63) is 77.5 Å². The first kappa shape index (κ1) is 22.9. The summed E-state index contributed by atoms with van der Waals surface area (Å²) in [6.07, 6.45) is 6.43. The third-order valence-corrected chi connectivity index (χ3v) is 7.24. The van der Waals surface area contributed by atoms with Crippen LogP contribution in [0.2, 0.25) is 0 Å². The lowest BCUT2D eigenvalue weighted by Crippen LogP contribution is -2.31. The summed E-state index contributed by atoms with van der Waals surface area (Å²) >= 11 is 0. The summed E-state index contributed by atoms with van der Waals surface area (Å²) in [7, 11) is 0. The fourth-order valence-electron chi connectivity index (χ4n) is 4.96. The second-order valence-corrected chi connectivity index (χ2v) is 9.85. The van der Waals surface area contributed by atoms with Gasteiger partial charge in [0.05, 0.1) is 6.20 Å². The molecule has 3 heterocycles. The highest BCUT2D eigenvalue weighted by Gasteiger charge is 2.28. The van der Waals surface area contributed by atoms with Crippen LogP contribution in [0.4, 0.5) is 20.4 Å². The molecular formula is C28H30F2N6. The maximum absolute atomic E-state index is 15.0. The predicted octanol–water partition coefficient (Wildman–Crippen LogP) is 5.58. The Balaban J connectivity index is 1.26. The van der Waals surface area contributed by atoms with E-state index in [4.69, 9.17) is 4.98 Å². The molecule has 2 aliphatic rings. The van der Waals surface area contributed by atoms with Gasteiger partial charge in [0.1, 0.15) is 23.3 Å². The first-order valence-electron chi connectivity index (χ1n) is 12.8. The van der Waals surface area contributed by atoms with Crippen molar-refractivity contribution in [2.45, 2.75) is 38.1 Å². The fraction of sp³-hybridized carbons (Fsp3) is 0.357. The lowest BCUT2D eigenvalue weighted by Gasteiger charge is -2.23. The second-order valence-electron chi connectivity index (χ2n) is 9.85. The molecule has 0 radical (unpaired) electrons. The lowest BCUT2D eigenvalue weighted by molar-refractivity contribution is 0.389. The fourth-order valence-corrected chi connectivity index (χ4v) is 4.96. The monoisotopic (exact) mass is 488 g/mol. The summed E-state index contributed by atoms with van der Waals surface area (Å²) in [4.78, 5) is 4.86. The van der Waals surface area contributed by atoms with Crippen LogP contribution in [0, 0.1) is 17.6 Å². The van der Waals surface area contributed by atoms with Crippen molar-refractivity contribution in [1.82, 2.24) is 19.9 Å². The number of halogens is 2. The zero-order valence-electron chi connectivity index (χ0n) is 20.1. The van der Waals surface area contributed by atoms with E-state index in [-0.39, 0.29) is 12.1 Å². The summed E-state index contributed by atoms with van der Waals surface area (Å²) in [6, 6.07) is 13.9. The van der Waals surface area contributed by atoms with E-state index < -0.39 is 11.6 Å². The molecule has 6 rings (SSSR count). The number of hydrogen-bond acceptors (Lipinski definition) is 5. The van der Waals surface area contributed by atoms with Crippen molar-refractivity contribution in [2.75, 3.05) is 30.3 Å². The summed E-state index contributed by atoms with van der Waals surface area (Å²) in [5.74, 6) is 1.35. The number of rotatable bonds is 8. The summed E-state index contributed by atoms with van der Waals surface area (Å²) in [5.41, 5.74) is 3.23. The average Bonchev–Trinajstić information content (AvgIpc) is 3.66. The molecule has 4 aromatic rings. The number of aromatic nitrogens is 3. The Morgan fingerprint density at radius 3 is 2.39 bits per heavy atom. The zero-order chi connectivity index (χ0) is 24.5. The van der Waals surface area contributed by atoms with Gasteiger partial charge in [0.25, 0.3) is 0 Å². The van der Waals surface area contributed by atoms with Gasteiger partial charge in [0.2, 0.25) is 0 Å². The average molecular weight is 489 g/mol. The molecular weight excluding hydrogens is 458 g/mol. The van der Waals surface area contributed by atoms with E-state index in [9.17, 15) is 0 Å². The van der Waals surface area contributed by atoms with Crippen molar-refractivity contribution < 1.29 is 8.78 Å². The minimum atomic E-state index is -0.574. The third-order valence-electron chi connectivity index (χ3n) is 7.24. The predicted molar refractivity (Wildman–Crippen MR) is 138 cm³/mol. The lowest BCUT2D eigenvalue weighted by atomic mass is 9.98. The van der Waals surface area contributed by atoms with Crippen LogP contribution < -0.4 is 16.0 Å². The Hall–Kier alpha value is -3.52. The largest absolute Gasteiger partial charge is 0.370 e. The van der Waals surface area contributed by atoms with Crippen molar-refractivity contribution in [2.24, 2.45) is 5.92 Å². The van der Waals surface area contributed by atoms with Crippen molar-refractivity contribution >= 4 is 17.3 Å². The highest BCUT2D eigenvalue weighted by molar-refractivity contribution is 5.65. The number of piperidine rings is 1. The molecule has 2 fully saturated rings. The van der Waals surface area contributed by atoms with E-state index >= 15 is 8.78 Å². The van der Waals surface area contributed by atoms with Gasteiger partial charge in [-0.3, -0.25) is 0 Å². The van der Waals surface area contributed by atoms with Crippen LogP contribution in [-0.4, -0.2) is 34.2 Å². The number of benzene rings is 2. The molecule has 36 heavy (non-hydrogen) atoms. The first-order chi connectivity index (χ1) is 17.7. The van der Waals surface area contributed by atoms with Crippen LogP contribution in [0.25, 0.3) is 16.8 Å². The van der Waals surface area contributed by atoms with Gasteiger partial charge in [-0.1, -0.05) is 30.3 Å². The maximum atomic E-state index is 15.0. The van der Waals surface area contributed by atoms with Crippen LogP contribution in [0.3, 0.4) is 0 Å². The van der Waals surface area contributed by atoms with Crippen LogP contribution in [0.15, 0.2) is 54.7 Å². The number of nitrogens with one attached hydrogen (secondary N) is 3. The van der Waals surface area contributed by atoms with Crippen molar-refractivity contribution in [3.8, 4) is 11.1 Å². The second kappa shape index (κ2) is 9.85. The molecule has 0 bridgehead atoms. The van der Waals surface area contributed by atoms with Gasteiger partial charge >= 0.3 is 0 Å². The van der Waals surface area contributed by atoms with Crippen LogP contribution >= 0.6 is 0 Å². The summed E-state index contributed by atoms with van der Waals surface area (Å²) in [6.45, 7) is 2.93. The molecule has 2 aromatic heterocycles. The molecule has 1 saturated carbocycles. The van der Waals surface area contributed by atoms with E-state index in [2.05, 4.69) is 21.0 Å². The normalized spacial score (nSPS) is 16.4. The molecule has 0 spiro atoms. The molecule has 8 heteroatoms. The standard InChI is InChI=1S/C28H30F2N6/c29-24-12-21(19-4-2-1-3-5-19)13-25(30)23(24)16-33-27-14-26(32-15-18-8-10-31-11-9-18)35-28-22(20-6-7-20)17-34-36(27)28/h1-5,12-14,17-18,20,31,33H,6-11,15-16H2,(H,32,35). The molecule has 186 valence electrons. The molecule has 0 amide bonds. The molecule has 1 aliphatic heterocycles. The van der Waals surface area contributed by atoms with Gasteiger partial charge in [-0.05, 0) is 73.9 Å². The Kier molecular flexibility index (Phi) is 6.27. The molecule has 0 unspecified atom stereocenters. The Morgan fingerprint density at radius 1 is 0.917 bits per heavy atom. The van der Waals surface area contributed by atoms with Crippen molar-refractivity contribution in [3.63, 3.8) is 0 Å². The molecule has 0 atom stereocenters. The van der Waals surface area contributed by atoms with E-state index in [1.54, 1.807) is 4.52 Å². The number of hydrogen-bond donors (Lipinski definition) is 3. The van der Waals surface area contributed by atoms with Gasteiger partial charge in [0, 0.05) is 30.3 Å². The quantitative estimate of drug-likeness (QED) is 0.302. The van der Waals surface area contributed by atoms with E-state index in [0.29, 0.717) is 23.2 Å². The zero-order valence-corrected chi connectivity index (χ0v) is 20.1. The first-order valence-corrected chi connectivity index (χ1v) is 12.8. The molecule has 6 nitrogen and oxygen atoms in total. The highest BCUT2D eigenvalue weighted by atomic mass is 19.1. The maximum Gasteiger partial charge on any atom is 0.163 e. The number of nitrogens with zero attached hydrogens (tertiary/aromatic N) is 3. The van der Waals surface area contributed by atoms with Gasteiger partial charge in [0.15, 0.2) is 5.65 Å². The summed E-state index contributed by atoms with van der Waals surface area (Å²) < 4.78 is 31.8. The number of fused-ring (bicyclic) bond motifs is 1. The third kappa shape index (κ3) is 4.78. The highest BCUT2D eigenvalue weighted by Crippen LogP contribution is 2.42. The van der Waals surface area contributed by atoms with E-state index in [1.807, 2.05) is 42.6 Å². The van der Waals surface area contributed by atoms with Crippen LogP contribution in [0.5, 0.6) is 0 Å². The minimum absolute atomic E-state index is 0.00145. The van der Waals surface area contributed by atoms with Gasteiger partial charge in [-0.2, -0.15) is 9.61 Å². The summed E-state index contributed by atoms with van der Waals surface area (Å²) in [5, 5.41) is 14.7.